The Kier molecular flexibility index (Phi) is 3.52. The summed E-state index contributed by atoms with van der Waals surface area (Å²) in [5.41, 5.74) is 0.820. The lowest BCUT2D eigenvalue weighted by molar-refractivity contribution is 0.103. The lowest BCUT2D eigenvalue weighted by atomic mass is 10.3. The Morgan fingerprint density at radius 3 is 2.57 bits per heavy atom. The van der Waals surface area contributed by atoms with Crippen molar-refractivity contribution in [2.45, 2.75) is 4.21 Å². The number of rotatable bonds is 3. The number of benzene rings is 1. The number of sulfone groups is 1. The molecule has 3 rings (SSSR count). The number of aromatic nitrogens is 1. The molecule has 1 N–H and O–H groups in total. The van der Waals surface area contributed by atoms with Gasteiger partial charge in [0.05, 0.1) is 15.1 Å². The number of fused-ring (bicyclic) bond motifs is 1. The summed E-state index contributed by atoms with van der Waals surface area (Å²) in [5, 5.41) is 3.19. The molecule has 0 saturated heterocycles. The van der Waals surface area contributed by atoms with Crippen LogP contribution >= 0.6 is 22.7 Å². The molecular weight excluding hydrogens is 328 g/mol. The highest BCUT2D eigenvalue weighted by atomic mass is 32.2. The molecule has 2 heterocycles. The highest BCUT2D eigenvalue weighted by Crippen LogP contribution is 2.27. The monoisotopic (exact) mass is 338 g/mol. The van der Waals surface area contributed by atoms with Gasteiger partial charge in [0.15, 0.2) is 15.0 Å². The highest BCUT2D eigenvalue weighted by Gasteiger charge is 2.16. The first-order valence-corrected chi connectivity index (χ1v) is 9.43. The second-order valence-corrected chi connectivity index (χ2v) is 8.69. The number of nitrogens with zero attached hydrogens (tertiary/aromatic N) is 1. The van der Waals surface area contributed by atoms with Crippen molar-refractivity contribution in [3.8, 4) is 0 Å². The maximum atomic E-state index is 12.1. The molecule has 8 heteroatoms. The normalized spacial score (nSPS) is 11.7. The topological polar surface area (TPSA) is 76.1 Å². The van der Waals surface area contributed by atoms with Gasteiger partial charge < -0.3 is 0 Å². The van der Waals surface area contributed by atoms with E-state index in [2.05, 4.69) is 10.3 Å². The van der Waals surface area contributed by atoms with E-state index in [1.807, 2.05) is 24.3 Å². The minimum Gasteiger partial charge on any atom is -0.297 e. The van der Waals surface area contributed by atoms with Crippen molar-refractivity contribution in [1.29, 1.82) is 0 Å². The van der Waals surface area contributed by atoms with Gasteiger partial charge in [-0.25, -0.2) is 13.4 Å². The fraction of sp³-hybridized carbons (Fsp3) is 0.0769. The molecule has 0 saturated carbocycles. The van der Waals surface area contributed by atoms with Crippen molar-refractivity contribution >= 4 is 53.8 Å². The standard InChI is InChI=1S/C13H10N2O3S3/c1-21(17,18)11-7-6-10(19-11)12(16)15-13-14-8-4-2-3-5-9(8)20-13/h2-7H,1H3,(H,14,15,16). The van der Waals surface area contributed by atoms with Crippen LogP contribution in [0.3, 0.4) is 0 Å². The van der Waals surface area contributed by atoms with Crippen LogP contribution in [0.2, 0.25) is 0 Å². The fourth-order valence-corrected chi connectivity index (χ4v) is 4.41. The van der Waals surface area contributed by atoms with Crippen LogP contribution in [-0.2, 0) is 9.84 Å². The van der Waals surface area contributed by atoms with Crippen LogP contribution in [0.4, 0.5) is 5.13 Å². The van der Waals surface area contributed by atoms with E-state index in [9.17, 15) is 13.2 Å². The second kappa shape index (κ2) is 5.21. The number of amides is 1. The summed E-state index contributed by atoms with van der Waals surface area (Å²) >= 11 is 2.33. The van der Waals surface area contributed by atoms with Crippen LogP contribution in [0, 0.1) is 0 Å². The molecule has 0 bridgehead atoms. The smallest absolute Gasteiger partial charge is 0.267 e. The third-order valence-corrected chi connectivity index (χ3v) is 6.54. The number of thiazole rings is 1. The average Bonchev–Trinajstić information content (AvgIpc) is 3.04. The van der Waals surface area contributed by atoms with Gasteiger partial charge in [0.2, 0.25) is 0 Å². The molecule has 2 aromatic heterocycles. The van der Waals surface area contributed by atoms with Gasteiger partial charge in [0.25, 0.3) is 5.91 Å². The van der Waals surface area contributed by atoms with E-state index in [1.165, 1.54) is 23.5 Å². The van der Waals surface area contributed by atoms with E-state index in [-0.39, 0.29) is 10.1 Å². The summed E-state index contributed by atoms with van der Waals surface area (Å²) in [7, 11) is -3.28. The van der Waals surface area contributed by atoms with E-state index in [0.717, 1.165) is 27.8 Å². The minimum atomic E-state index is -3.28. The van der Waals surface area contributed by atoms with Crippen molar-refractivity contribution in [1.82, 2.24) is 4.98 Å². The zero-order valence-electron chi connectivity index (χ0n) is 10.9. The summed E-state index contributed by atoms with van der Waals surface area (Å²) in [5.74, 6) is -0.353. The third kappa shape index (κ3) is 2.97. The fourth-order valence-electron chi connectivity index (χ4n) is 1.73. The quantitative estimate of drug-likeness (QED) is 0.796. The van der Waals surface area contributed by atoms with Gasteiger partial charge in [-0.1, -0.05) is 23.5 Å². The van der Waals surface area contributed by atoms with Crippen LogP contribution in [0.15, 0.2) is 40.6 Å². The molecule has 0 aliphatic rings. The van der Waals surface area contributed by atoms with E-state index in [4.69, 9.17) is 0 Å². The van der Waals surface area contributed by atoms with Gasteiger partial charge in [-0.05, 0) is 24.3 Å². The van der Waals surface area contributed by atoms with E-state index >= 15 is 0 Å². The predicted molar refractivity (Wildman–Crippen MR) is 85.0 cm³/mol. The molecule has 3 aromatic rings. The van der Waals surface area contributed by atoms with Crippen LogP contribution in [0.5, 0.6) is 0 Å². The summed E-state index contributed by atoms with van der Waals surface area (Å²) in [4.78, 5) is 16.8. The van der Waals surface area contributed by atoms with Crippen LogP contribution in [0.1, 0.15) is 9.67 Å². The summed E-state index contributed by atoms with van der Waals surface area (Å²) in [6.45, 7) is 0. The maximum absolute atomic E-state index is 12.1. The SMILES string of the molecule is CS(=O)(=O)c1ccc(C(=O)Nc2nc3ccccc3s2)s1. The molecule has 0 fully saturated rings. The second-order valence-electron chi connectivity index (χ2n) is 4.33. The molecule has 0 aliphatic heterocycles. The Labute approximate surface area is 129 Å². The van der Waals surface area contributed by atoms with Gasteiger partial charge in [-0.3, -0.25) is 10.1 Å². The number of para-hydroxylation sites is 1. The number of carbonyl (C=O) groups excluding carboxylic acids is 1. The number of nitrogens with one attached hydrogen (secondary N) is 1. The number of hydrogen-bond acceptors (Lipinski definition) is 6. The molecule has 0 unspecified atom stereocenters. The van der Waals surface area contributed by atoms with Gasteiger partial charge in [-0.15, -0.1) is 11.3 Å². The summed E-state index contributed by atoms with van der Waals surface area (Å²) in [6, 6.07) is 10.5. The molecule has 0 aliphatic carbocycles. The third-order valence-electron chi connectivity index (χ3n) is 2.68. The first-order chi connectivity index (χ1) is 9.93. The maximum Gasteiger partial charge on any atom is 0.267 e. The largest absolute Gasteiger partial charge is 0.297 e. The Morgan fingerprint density at radius 2 is 1.90 bits per heavy atom. The van der Waals surface area contributed by atoms with Gasteiger partial charge >= 0.3 is 0 Å². The number of thiophene rings is 1. The summed E-state index contributed by atoms with van der Waals surface area (Å²) < 4.78 is 24.0. The average molecular weight is 338 g/mol. The van der Waals surface area contributed by atoms with Gasteiger partial charge in [-0.2, -0.15) is 0 Å². The van der Waals surface area contributed by atoms with Crippen LogP contribution in [0.25, 0.3) is 10.2 Å². The minimum absolute atomic E-state index is 0.178. The van der Waals surface area contributed by atoms with E-state index in [0.29, 0.717) is 10.0 Å². The Hall–Kier alpha value is -1.77. The summed E-state index contributed by atoms with van der Waals surface area (Å²) in [6.07, 6.45) is 1.12. The lowest BCUT2D eigenvalue weighted by Crippen LogP contribution is -2.09. The first-order valence-electron chi connectivity index (χ1n) is 5.90. The molecule has 0 spiro atoms. The zero-order chi connectivity index (χ0) is 15.0. The molecule has 5 nitrogen and oxygen atoms in total. The predicted octanol–water partition coefficient (Wildman–Crippen LogP) is 3.01. The molecule has 0 radical (unpaired) electrons. The van der Waals surface area contributed by atoms with E-state index in [1.54, 1.807) is 0 Å². The van der Waals surface area contributed by atoms with Crippen LogP contribution < -0.4 is 5.32 Å². The van der Waals surface area contributed by atoms with Gasteiger partial charge in [0.1, 0.15) is 4.21 Å². The number of hydrogen-bond donors (Lipinski definition) is 1. The Balaban J connectivity index is 1.84. The molecule has 1 aromatic carbocycles. The van der Waals surface area contributed by atoms with Crippen LogP contribution in [-0.4, -0.2) is 25.6 Å². The Bertz CT molecular complexity index is 892. The molecule has 21 heavy (non-hydrogen) atoms. The van der Waals surface area contributed by atoms with Crippen molar-refractivity contribution in [2.75, 3.05) is 11.6 Å². The van der Waals surface area contributed by atoms with Crippen molar-refractivity contribution in [2.24, 2.45) is 0 Å². The Morgan fingerprint density at radius 1 is 1.14 bits per heavy atom. The lowest BCUT2D eigenvalue weighted by Gasteiger charge is -1.97. The van der Waals surface area contributed by atoms with Gasteiger partial charge in [0, 0.05) is 6.26 Å². The number of carbonyl (C=O) groups is 1. The first kappa shape index (κ1) is 14.2. The number of anilines is 1. The van der Waals surface area contributed by atoms with Crippen molar-refractivity contribution in [3.05, 3.63) is 41.3 Å². The van der Waals surface area contributed by atoms with Crippen molar-refractivity contribution < 1.29 is 13.2 Å². The zero-order valence-corrected chi connectivity index (χ0v) is 13.3. The molecule has 0 atom stereocenters. The van der Waals surface area contributed by atoms with E-state index < -0.39 is 9.84 Å². The highest BCUT2D eigenvalue weighted by molar-refractivity contribution is 7.92. The molecular formula is C13H10N2O3S3. The van der Waals surface area contributed by atoms with Crippen molar-refractivity contribution in [3.63, 3.8) is 0 Å². The molecule has 108 valence electrons. The molecule has 1 amide bonds.